The van der Waals surface area contributed by atoms with E-state index in [0.717, 1.165) is 12.8 Å². The molecule has 0 unspecified atom stereocenters. The number of hydrogen-bond acceptors (Lipinski definition) is 2. The van der Waals surface area contributed by atoms with Crippen LogP contribution in [0.5, 0.6) is 0 Å². The molecule has 20 heavy (non-hydrogen) atoms. The second kappa shape index (κ2) is 7.27. The largest absolute Gasteiger partial charge is 0.349 e. The Morgan fingerprint density at radius 1 is 1.15 bits per heavy atom. The van der Waals surface area contributed by atoms with Gasteiger partial charge in [0.2, 0.25) is 5.56 Å². The maximum atomic E-state index is 12.3. The van der Waals surface area contributed by atoms with E-state index in [2.05, 4.69) is 33.0 Å². The van der Waals surface area contributed by atoms with E-state index in [-0.39, 0.29) is 17.5 Å². The van der Waals surface area contributed by atoms with Crippen LogP contribution >= 0.6 is 0 Å². The first-order valence-electron chi connectivity index (χ1n) is 7.27. The van der Waals surface area contributed by atoms with Gasteiger partial charge in [-0.2, -0.15) is 0 Å². The van der Waals surface area contributed by atoms with E-state index in [1.54, 1.807) is 19.3 Å². The van der Waals surface area contributed by atoms with E-state index in [1.807, 2.05) is 0 Å². The minimum Gasteiger partial charge on any atom is -0.349 e. The lowest BCUT2D eigenvalue weighted by Gasteiger charge is -2.22. The van der Waals surface area contributed by atoms with Crippen LogP contribution in [-0.2, 0) is 7.05 Å². The van der Waals surface area contributed by atoms with E-state index in [9.17, 15) is 9.59 Å². The van der Waals surface area contributed by atoms with Gasteiger partial charge in [0, 0.05) is 25.4 Å². The highest BCUT2D eigenvalue weighted by Gasteiger charge is 2.16. The van der Waals surface area contributed by atoms with Crippen LogP contribution in [-0.4, -0.2) is 16.5 Å². The highest BCUT2D eigenvalue weighted by Crippen LogP contribution is 2.14. The molecule has 0 aromatic carbocycles. The molecule has 4 nitrogen and oxygen atoms in total. The van der Waals surface area contributed by atoms with Crippen molar-refractivity contribution in [3.63, 3.8) is 0 Å². The molecule has 0 aliphatic heterocycles. The van der Waals surface area contributed by atoms with Gasteiger partial charge in [-0.3, -0.25) is 9.59 Å². The Hall–Kier alpha value is -1.58. The fourth-order valence-corrected chi connectivity index (χ4v) is 2.35. The fraction of sp³-hybridized carbons (Fsp3) is 0.625. The first-order valence-corrected chi connectivity index (χ1v) is 7.27. The number of nitrogens with zero attached hydrogens (tertiary/aromatic N) is 1. The molecule has 0 spiro atoms. The third kappa shape index (κ3) is 5.19. The zero-order valence-electron chi connectivity index (χ0n) is 13.1. The van der Waals surface area contributed by atoms with E-state index in [1.165, 1.54) is 10.6 Å². The highest BCUT2D eigenvalue weighted by atomic mass is 16.2. The summed E-state index contributed by atoms with van der Waals surface area (Å²) in [7, 11) is 1.65. The van der Waals surface area contributed by atoms with E-state index < -0.39 is 0 Å². The molecule has 0 aliphatic carbocycles. The van der Waals surface area contributed by atoms with E-state index >= 15 is 0 Å². The first-order chi connectivity index (χ1) is 9.29. The van der Waals surface area contributed by atoms with Crippen LogP contribution in [0, 0.1) is 11.8 Å². The Bertz CT molecular complexity index is 493. The Morgan fingerprint density at radius 2 is 1.70 bits per heavy atom. The molecular formula is C16H26N2O2. The Balaban J connectivity index is 2.78. The fourth-order valence-electron chi connectivity index (χ4n) is 2.35. The Kier molecular flexibility index (Phi) is 5.99. The van der Waals surface area contributed by atoms with Crippen LogP contribution in [0.3, 0.4) is 0 Å². The average Bonchev–Trinajstić information content (AvgIpc) is 2.30. The molecule has 0 atom stereocenters. The summed E-state index contributed by atoms with van der Waals surface area (Å²) in [4.78, 5) is 23.6. The SMILES string of the molecule is CC(C)CC(CC(C)C)NC(=O)c1ccc(=O)n(C)c1. The zero-order valence-corrected chi connectivity index (χ0v) is 13.1. The van der Waals surface area contributed by atoms with Crippen molar-refractivity contribution in [2.75, 3.05) is 0 Å². The third-order valence-electron chi connectivity index (χ3n) is 3.20. The van der Waals surface area contributed by atoms with Gasteiger partial charge >= 0.3 is 0 Å². The minimum atomic E-state index is -0.109. The lowest BCUT2D eigenvalue weighted by molar-refractivity contribution is 0.0926. The number of hydrogen-bond donors (Lipinski definition) is 1. The second-order valence-corrected chi connectivity index (χ2v) is 6.30. The van der Waals surface area contributed by atoms with Gasteiger partial charge in [-0.15, -0.1) is 0 Å². The van der Waals surface area contributed by atoms with Gasteiger partial charge in [0.15, 0.2) is 0 Å². The maximum Gasteiger partial charge on any atom is 0.252 e. The van der Waals surface area contributed by atoms with Crippen LogP contribution in [0.2, 0.25) is 0 Å². The summed E-state index contributed by atoms with van der Waals surface area (Å²) in [6.45, 7) is 8.63. The summed E-state index contributed by atoms with van der Waals surface area (Å²) in [5.41, 5.74) is 0.423. The standard InChI is InChI=1S/C16H26N2O2/c1-11(2)8-14(9-12(3)4)17-16(20)13-6-7-15(19)18(5)10-13/h6-7,10-12,14H,8-9H2,1-5H3,(H,17,20). The van der Waals surface area contributed by atoms with Crippen molar-refractivity contribution >= 4 is 5.91 Å². The van der Waals surface area contributed by atoms with Crippen LogP contribution in [0.25, 0.3) is 0 Å². The molecule has 4 heteroatoms. The molecule has 1 aromatic rings. The number of carbonyl (C=O) groups is 1. The Morgan fingerprint density at radius 3 is 2.15 bits per heavy atom. The molecule has 0 bridgehead atoms. The predicted molar refractivity (Wildman–Crippen MR) is 81.8 cm³/mol. The predicted octanol–water partition coefficient (Wildman–Crippen LogP) is 2.58. The number of aryl methyl sites for hydroxylation is 1. The molecule has 1 amide bonds. The minimum absolute atomic E-state index is 0.105. The normalized spacial score (nSPS) is 11.4. The first kappa shape index (κ1) is 16.5. The van der Waals surface area contributed by atoms with Crippen molar-refractivity contribution in [2.24, 2.45) is 18.9 Å². The summed E-state index contributed by atoms with van der Waals surface area (Å²) >= 11 is 0. The summed E-state index contributed by atoms with van der Waals surface area (Å²) in [6, 6.07) is 3.19. The van der Waals surface area contributed by atoms with Gasteiger partial charge < -0.3 is 9.88 Å². The zero-order chi connectivity index (χ0) is 15.3. The van der Waals surface area contributed by atoms with Gasteiger partial charge in [-0.05, 0) is 30.7 Å². The van der Waals surface area contributed by atoms with Gasteiger partial charge in [0.25, 0.3) is 5.91 Å². The molecule has 0 aliphatic rings. The molecule has 112 valence electrons. The smallest absolute Gasteiger partial charge is 0.252 e. The van der Waals surface area contributed by atoms with Gasteiger partial charge in [0.1, 0.15) is 0 Å². The quantitative estimate of drug-likeness (QED) is 0.869. The topological polar surface area (TPSA) is 51.1 Å². The number of aromatic nitrogens is 1. The van der Waals surface area contributed by atoms with Crippen molar-refractivity contribution in [1.29, 1.82) is 0 Å². The van der Waals surface area contributed by atoms with Crippen molar-refractivity contribution in [2.45, 2.75) is 46.6 Å². The van der Waals surface area contributed by atoms with Crippen molar-refractivity contribution in [3.05, 3.63) is 34.2 Å². The van der Waals surface area contributed by atoms with Gasteiger partial charge in [-0.25, -0.2) is 0 Å². The van der Waals surface area contributed by atoms with Crippen LogP contribution in [0.4, 0.5) is 0 Å². The second-order valence-electron chi connectivity index (χ2n) is 6.30. The van der Waals surface area contributed by atoms with Crippen LogP contribution in [0.15, 0.2) is 23.1 Å². The summed E-state index contributed by atoms with van der Waals surface area (Å²) < 4.78 is 1.43. The number of pyridine rings is 1. The molecule has 1 heterocycles. The van der Waals surface area contributed by atoms with Crippen LogP contribution in [0.1, 0.15) is 50.9 Å². The summed E-state index contributed by atoms with van der Waals surface area (Å²) in [6.07, 6.45) is 3.52. The lowest BCUT2D eigenvalue weighted by atomic mass is 9.95. The number of amides is 1. The molecular weight excluding hydrogens is 252 g/mol. The summed E-state index contributed by atoms with van der Waals surface area (Å²) in [5, 5.41) is 3.09. The molecule has 0 saturated carbocycles. The maximum absolute atomic E-state index is 12.3. The van der Waals surface area contributed by atoms with Crippen molar-refractivity contribution in [1.82, 2.24) is 9.88 Å². The Labute approximate surface area is 121 Å². The molecule has 1 rings (SSSR count). The van der Waals surface area contributed by atoms with Crippen LogP contribution < -0.4 is 10.9 Å². The van der Waals surface area contributed by atoms with Gasteiger partial charge in [-0.1, -0.05) is 27.7 Å². The molecule has 1 aromatic heterocycles. The number of rotatable bonds is 6. The van der Waals surface area contributed by atoms with Crippen molar-refractivity contribution in [3.8, 4) is 0 Å². The van der Waals surface area contributed by atoms with E-state index in [4.69, 9.17) is 0 Å². The monoisotopic (exact) mass is 278 g/mol. The lowest BCUT2D eigenvalue weighted by Crippen LogP contribution is -2.37. The van der Waals surface area contributed by atoms with Gasteiger partial charge in [0.05, 0.1) is 5.56 Å². The molecule has 1 N–H and O–H groups in total. The van der Waals surface area contributed by atoms with E-state index in [0.29, 0.717) is 17.4 Å². The van der Waals surface area contributed by atoms with Crippen molar-refractivity contribution < 1.29 is 4.79 Å². The molecule has 0 radical (unpaired) electrons. The highest BCUT2D eigenvalue weighted by molar-refractivity contribution is 5.94. The molecule has 0 fully saturated rings. The summed E-state index contributed by atoms with van der Waals surface area (Å²) in [5.74, 6) is 0.977. The number of nitrogens with one attached hydrogen (secondary N) is 1. The number of carbonyl (C=O) groups excluding carboxylic acids is 1. The third-order valence-corrected chi connectivity index (χ3v) is 3.20. The molecule has 0 saturated heterocycles. The average molecular weight is 278 g/mol.